The van der Waals surface area contributed by atoms with Crippen LogP contribution >= 0.6 is 11.8 Å². The highest BCUT2D eigenvalue weighted by atomic mass is 32.2. The van der Waals surface area contributed by atoms with Gasteiger partial charge in [-0.2, -0.15) is 26.3 Å². The van der Waals surface area contributed by atoms with E-state index >= 15 is 0 Å². The second-order valence-electron chi connectivity index (χ2n) is 6.91. The fourth-order valence-electron chi connectivity index (χ4n) is 1.91. The average Bonchev–Trinajstić information content (AvgIpc) is 2.54. The van der Waals surface area contributed by atoms with Crippen LogP contribution in [0.15, 0.2) is 46.3 Å². The lowest BCUT2D eigenvalue weighted by atomic mass is 9.95. The number of benzene rings is 1. The second-order valence-corrected chi connectivity index (χ2v) is 8.00. The number of carbonyl (C=O) groups is 1. The van der Waals surface area contributed by atoms with Gasteiger partial charge < -0.3 is 5.32 Å². The SMILES string of the molecule is CC(C)(C)C(=O)Nc1ccc(Sc2cc(C(F)(F)F)cc(C(F)(F)F)n2)cc1. The van der Waals surface area contributed by atoms with Gasteiger partial charge in [-0.1, -0.05) is 32.5 Å². The minimum atomic E-state index is -5.00. The van der Waals surface area contributed by atoms with Crippen molar-refractivity contribution in [2.45, 2.75) is 43.0 Å². The van der Waals surface area contributed by atoms with Gasteiger partial charge in [0, 0.05) is 16.0 Å². The number of alkyl halides is 6. The van der Waals surface area contributed by atoms with Crippen LogP contribution in [0, 0.1) is 5.41 Å². The van der Waals surface area contributed by atoms with Crippen LogP contribution in [0.3, 0.4) is 0 Å². The molecule has 2 rings (SSSR count). The summed E-state index contributed by atoms with van der Waals surface area (Å²) in [4.78, 5) is 15.6. The highest BCUT2D eigenvalue weighted by Gasteiger charge is 2.38. The van der Waals surface area contributed by atoms with Crippen LogP contribution in [0.2, 0.25) is 0 Å². The Kier molecular flexibility index (Phi) is 6.03. The van der Waals surface area contributed by atoms with Crippen molar-refractivity contribution in [1.29, 1.82) is 0 Å². The Morgan fingerprint density at radius 1 is 0.929 bits per heavy atom. The van der Waals surface area contributed by atoms with Crippen molar-refractivity contribution < 1.29 is 31.1 Å². The van der Waals surface area contributed by atoms with E-state index in [0.717, 1.165) is 0 Å². The van der Waals surface area contributed by atoms with E-state index in [4.69, 9.17) is 0 Å². The molecule has 0 aliphatic rings. The molecule has 2 aromatic rings. The maximum absolute atomic E-state index is 12.9. The van der Waals surface area contributed by atoms with Gasteiger partial charge in [-0.25, -0.2) is 4.98 Å². The van der Waals surface area contributed by atoms with Crippen LogP contribution in [0.5, 0.6) is 0 Å². The summed E-state index contributed by atoms with van der Waals surface area (Å²) in [6.07, 6.45) is -9.93. The highest BCUT2D eigenvalue weighted by Crippen LogP contribution is 2.38. The molecule has 0 aliphatic carbocycles. The van der Waals surface area contributed by atoms with Gasteiger partial charge in [0.25, 0.3) is 0 Å². The Bertz CT molecular complexity index is 822. The molecule has 1 amide bonds. The van der Waals surface area contributed by atoms with Crippen LogP contribution in [0.25, 0.3) is 0 Å². The van der Waals surface area contributed by atoms with E-state index in [1.807, 2.05) is 0 Å². The smallest absolute Gasteiger partial charge is 0.326 e. The average molecular weight is 422 g/mol. The molecule has 1 aromatic carbocycles. The summed E-state index contributed by atoms with van der Waals surface area (Å²) in [5.74, 6) is -0.234. The maximum Gasteiger partial charge on any atom is 0.433 e. The van der Waals surface area contributed by atoms with E-state index in [1.165, 1.54) is 24.3 Å². The van der Waals surface area contributed by atoms with Gasteiger partial charge in [0.2, 0.25) is 5.91 Å². The standard InChI is InChI=1S/C18H16F6N2OS/c1-16(2,3)15(27)25-11-4-6-12(7-5-11)28-14-9-10(17(19,20)21)8-13(26-14)18(22,23)24/h4-9H,1-3H3,(H,25,27). The molecule has 0 unspecified atom stereocenters. The number of hydrogen-bond donors (Lipinski definition) is 1. The predicted octanol–water partition coefficient (Wildman–Crippen LogP) is 6.26. The van der Waals surface area contributed by atoms with Crippen LogP contribution in [-0.2, 0) is 17.1 Å². The molecule has 0 aliphatic heterocycles. The zero-order chi connectivity index (χ0) is 21.3. The lowest BCUT2D eigenvalue weighted by molar-refractivity contribution is -0.146. The molecule has 0 fully saturated rings. The van der Waals surface area contributed by atoms with Gasteiger partial charge in [-0.05, 0) is 36.4 Å². The molecule has 152 valence electrons. The zero-order valence-electron chi connectivity index (χ0n) is 15.0. The van der Waals surface area contributed by atoms with Crippen molar-refractivity contribution in [3.05, 3.63) is 47.7 Å². The molecule has 1 N–H and O–H groups in total. The number of nitrogens with one attached hydrogen (secondary N) is 1. The highest BCUT2D eigenvalue weighted by molar-refractivity contribution is 7.99. The molecule has 0 bridgehead atoms. The molecular formula is C18H16F6N2OS. The normalized spacial score (nSPS) is 12.8. The number of amides is 1. The fourth-order valence-corrected chi connectivity index (χ4v) is 2.76. The molecule has 0 radical (unpaired) electrons. The predicted molar refractivity (Wildman–Crippen MR) is 92.9 cm³/mol. The first-order valence-electron chi connectivity index (χ1n) is 7.92. The van der Waals surface area contributed by atoms with E-state index in [9.17, 15) is 31.1 Å². The number of nitrogens with zero attached hydrogens (tertiary/aromatic N) is 1. The molecule has 28 heavy (non-hydrogen) atoms. The summed E-state index contributed by atoms with van der Waals surface area (Å²) < 4.78 is 77.3. The lowest BCUT2D eigenvalue weighted by Crippen LogP contribution is -2.27. The van der Waals surface area contributed by atoms with Crippen LogP contribution in [0.4, 0.5) is 32.0 Å². The fraction of sp³-hybridized carbons (Fsp3) is 0.333. The molecular weight excluding hydrogens is 406 g/mol. The molecule has 1 heterocycles. The van der Waals surface area contributed by atoms with E-state index in [2.05, 4.69) is 10.3 Å². The zero-order valence-corrected chi connectivity index (χ0v) is 15.8. The minimum absolute atomic E-state index is 0.0187. The van der Waals surface area contributed by atoms with Gasteiger partial charge in [0.1, 0.15) is 10.7 Å². The van der Waals surface area contributed by atoms with Crippen molar-refractivity contribution in [3.8, 4) is 0 Å². The molecule has 0 saturated carbocycles. The summed E-state index contributed by atoms with van der Waals surface area (Å²) >= 11 is 0.657. The Morgan fingerprint density at radius 2 is 1.50 bits per heavy atom. The molecule has 1 aromatic heterocycles. The molecule has 0 spiro atoms. The van der Waals surface area contributed by atoms with E-state index in [0.29, 0.717) is 28.4 Å². The van der Waals surface area contributed by atoms with Crippen LogP contribution in [-0.4, -0.2) is 10.9 Å². The third-order valence-electron chi connectivity index (χ3n) is 3.44. The van der Waals surface area contributed by atoms with Crippen molar-refractivity contribution in [2.75, 3.05) is 5.32 Å². The van der Waals surface area contributed by atoms with E-state index in [1.54, 1.807) is 20.8 Å². The summed E-state index contributed by atoms with van der Waals surface area (Å²) in [6, 6.07) is 6.50. The second kappa shape index (κ2) is 7.65. The molecule has 10 heteroatoms. The topological polar surface area (TPSA) is 42.0 Å². The number of aromatic nitrogens is 1. The largest absolute Gasteiger partial charge is 0.433 e. The van der Waals surface area contributed by atoms with Crippen molar-refractivity contribution >= 4 is 23.4 Å². The molecule has 0 saturated heterocycles. The van der Waals surface area contributed by atoms with Crippen molar-refractivity contribution in [2.24, 2.45) is 5.41 Å². The Morgan fingerprint density at radius 3 is 1.96 bits per heavy atom. The maximum atomic E-state index is 12.9. The number of halogens is 6. The quantitative estimate of drug-likeness (QED) is 0.594. The van der Waals surface area contributed by atoms with Gasteiger partial charge in [0.15, 0.2) is 0 Å². The third kappa shape index (κ3) is 5.88. The Labute approximate surface area is 161 Å². The summed E-state index contributed by atoms with van der Waals surface area (Å²) in [6.45, 7) is 5.18. The van der Waals surface area contributed by atoms with Crippen molar-refractivity contribution in [3.63, 3.8) is 0 Å². The van der Waals surface area contributed by atoms with Crippen molar-refractivity contribution in [1.82, 2.24) is 4.98 Å². The van der Waals surface area contributed by atoms with Gasteiger partial charge in [-0.3, -0.25) is 4.79 Å². The minimum Gasteiger partial charge on any atom is -0.326 e. The van der Waals surface area contributed by atoms with Gasteiger partial charge in [0.05, 0.1) is 5.56 Å². The van der Waals surface area contributed by atoms with E-state index < -0.39 is 34.1 Å². The van der Waals surface area contributed by atoms with E-state index in [-0.39, 0.29) is 12.0 Å². The summed E-state index contributed by atoms with van der Waals surface area (Å²) in [5.41, 5.74) is -3.20. The summed E-state index contributed by atoms with van der Waals surface area (Å²) in [5, 5.41) is 2.23. The number of pyridine rings is 1. The van der Waals surface area contributed by atoms with Crippen LogP contribution < -0.4 is 5.32 Å². The number of anilines is 1. The number of carbonyl (C=O) groups excluding carboxylic acids is 1. The number of rotatable bonds is 3. The lowest BCUT2D eigenvalue weighted by Gasteiger charge is -2.17. The Hall–Kier alpha value is -2.23. The first-order chi connectivity index (χ1) is 12.7. The van der Waals surface area contributed by atoms with Gasteiger partial charge in [-0.15, -0.1) is 0 Å². The first kappa shape index (κ1) is 22.1. The monoisotopic (exact) mass is 422 g/mol. The molecule has 0 atom stereocenters. The Balaban J connectivity index is 2.26. The van der Waals surface area contributed by atoms with Gasteiger partial charge >= 0.3 is 12.4 Å². The number of hydrogen-bond acceptors (Lipinski definition) is 3. The molecule has 3 nitrogen and oxygen atoms in total. The third-order valence-corrected chi connectivity index (χ3v) is 4.36. The van der Waals surface area contributed by atoms with Crippen LogP contribution in [0.1, 0.15) is 32.0 Å². The summed E-state index contributed by atoms with van der Waals surface area (Å²) in [7, 11) is 0. The first-order valence-corrected chi connectivity index (χ1v) is 8.74.